The molecule has 0 aliphatic carbocycles. The number of aromatic amines is 1. The molecule has 0 unspecified atom stereocenters. The number of hydrogen-bond donors (Lipinski definition) is 2. The Labute approximate surface area is 104 Å². The van der Waals surface area contributed by atoms with Crippen molar-refractivity contribution in [3.05, 3.63) is 34.6 Å². The molecule has 2 aromatic rings. The van der Waals surface area contributed by atoms with Gasteiger partial charge in [0.25, 0.3) is 5.56 Å². The number of ether oxygens (including phenoxy) is 1. The van der Waals surface area contributed by atoms with E-state index < -0.39 is 0 Å². The normalized spacial score (nSPS) is 10.3. The molecular formula is C11H15N5O2. The molecule has 0 radical (unpaired) electrons. The van der Waals surface area contributed by atoms with Crippen LogP contribution in [0.3, 0.4) is 0 Å². The van der Waals surface area contributed by atoms with Gasteiger partial charge in [0.1, 0.15) is 0 Å². The number of nitrogens with one attached hydrogen (secondary N) is 2. The topological polar surface area (TPSA) is 84.8 Å². The molecule has 7 heteroatoms. The molecule has 2 N–H and O–H groups in total. The largest absolute Gasteiger partial charge is 0.489 e. The Morgan fingerprint density at radius 2 is 2.39 bits per heavy atom. The summed E-state index contributed by atoms with van der Waals surface area (Å²) in [7, 11) is 3.32. The molecule has 0 saturated heterocycles. The lowest BCUT2D eigenvalue weighted by Gasteiger charge is -2.07. The number of hydrogen-bond acceptors (Lipinski definition) is 5. The number of nitrogens with zero attached hydrogens (tertiary/aromatic N) is 3. The maximum absolute atomic E-state index is 11.4. The molecule has 96 valence electrons. The fourth-order valence-corrected chi connectivity index (χ4v) is 1.63. The van der Waals surface area contributed by atoms with Crippen LogP contribution in [0.1, 0.15) is 5.56 Å². The Kier molecular flexibility index (Phi) is 3.61. The second-order valence-corrected chi connectivity index (χ2v) is 3.81. The molecule has 0 amide bonds. The van der Waals surface area contributed by atoms with Crippen LogP contribution in [0.15, 0.2) is 23.5 Å². The lowest BCUT2D eigenvalue weighted by atomic mass is 10.2. The molecule has 0 saturated carbocycles. The van der Waals surface area contributed by atoms with Gasteiger partial charge < -0.3 is 15.0 Å². The highest BCUT2D eigenvalue weighted by atomic mass is 16.5. The lowest BCUT2D eigenvalue weighted by Crippen LogP contribution is -2.15. The summed E-state index contributed by atoms with van der Waals surface area (Å²) >= 11 is 0. The van der Waals surface area contributed by atoms with E-state index in [1.807, 2.05) is 19.4 Å². The molecule has 0 atom stereocenters. The van der Waals surface area contributed by atoms with Crippen molar-refractivity contribution in [3.63, 3.8) is 0 Å². The molecule has 2 aromatic heterocycles. The van der Waals surface area contributed by atoms with E-state index in [0.29, 0.717) is 12.4 Å². The molecular weight excluding hydrogens is 234 g/mol. The number of H-pyrrole nitrogens is 1. The van der Waals surface area contributed by atoms with Crippen LogP contribution in [-0.2, 0) is 13.5 Å². The van der Waals surface area contributed by atoms with E-state index in [1.54, 1.807) is 4.68 Å². The third-order valence-electron chi connectivity index (χ3n) is 2.48. The van der Waals surface area contributed by atoms with Gasteiger partial charge in [-0.2, -0.15) is 5.10 Å². The maximum Gasteiger partial charge on any atom is 0.295 e. The third kappa shape index (κ3) is 2.68. The van der Waals surface area contributed by atoms with E-state index >= 15 is 0 Å². The quantitative estimate of drug-likeness (QED) is 0.789. The van der Waals surface area contributed by atoms with Crippen LogP contribution in [0.25, 0.3) is 0 Å². The van der Waals surface area contributed by atoms with Crippen LogP contribution in [0.5, 0.6) is 5.75 Å². The van der Waals surface area contributed by atoms with Gasteiger partial charge in [0, 0.05) is 19.8 Å². The minimum absolute atomic E-state index is 0.198. The van der Waals surface area contributed by atoms with Crippen molar-refractivity contribution in [2.45, 2.75) is 6.42 Å². The fourth-order valence-electron chi connectivity index (χ4n) is 1.63. The summed E-state index contributed by atoms with van der Waals surface area (Å²) in [5.74, 6) is 0.647. The molecule has 2 rings (SSSR count). The van der Waals surface area contributed by atoms with Gasteiger partial charge in [-0.05, 0) is 12.0 Å². The van der Waals surface area contributed by atoms with Gasteiger partial charge >= 0.3 is 0 Å². The summed E-state index contributed by atoms with van der Waals surface area (Å²) in [6.07, 6.45) is 5.90. The Bertz CT molecular complexity index is 575. The minimum atomic E-state index is -0.295. The first kappa shape index (κ1) is 12.2. The van der Waals surface area contributed by atoms with Crippen molar-refractivity contribution in [1.82, 2.24) is 19.7 Å². The van der Waals surface area contributed by atoms with Crippen molar-refractivity contribution in [2.24, 2.45) is 7.05 Å². The highest BCUT2D eigenvalue weighted by molar-refractivity contribution is 5.47. The second kappa shape index (κ2) is 5.35. The smallest absolute Gasteiger partial charge is 0.295 e. The van der Waals surface area contributed by atoms with Gasteiger partial charge in [0.2, 0.25) is 5.75 Å². The predicted octanol–water partition coefficient (Wildman–Crippen LogP) is 0.167. The highest BCUT2D eigenvalue weighted by Crippen LogP contribution is 2.13. The molecule has 2 heterocycles. The van der Waals surface area contributed by atoms with E-state index in [9.17, 15) is 4.79 Å². The second-order valence-electron chi connectivity index (χ2n) is 3.81. The van der Waals surface area contributed by atoms with Crippen molar-refractivity contribution in [1.29, 1.82) is 0 Å². The van der Waals surface area contributed by atoms with Crippen LogP contribution in [0.2, 0.25) is 0 Å². The van der Waals surface area contributed by atoms with Crippen LogP contribution < -0.4 is 15.6 Å². The predicted molar refractivity (Wildman–Crippen MR) is 66.8 cm³/mol. The first-order valence-corrected chi connectivity index (χ1v) is 5.54. The summed E-state index contributed by atoms with van der Waals surface area (Å²) in [6.45, 7) is 0.651. The van der Waals surface area contributed by atoms with E-state index in [1.165, 1.54) is 13.4 Å². The van der Waals surface area contributed by atoms with Crippen LogP contribution in [0.4, 0.5) is 5.82 Å². The van der Waals surface area contributed by atoms with Gasteiger partial charge in [0.05, 0.1) is 19.6 Å². The average Bonchev–Trinajstić information content (AvgIpc) is 2.75. The van der Waals surface area contributed by atoms with Gasteiger partial charge in [-0.25, -0.2) is 4.98 Å². The Hall–Kier alpha value is -2.31. The van der Waals surface area contributed by atoms with Crippen molar-refractivity contribution in [2.75, 3.05) is 19.0 Å². The number of aromatic nitrogens is 4. The first-order chi connectivity index (χ1) is 8.70. The monoisotopic (exact) mass is 249 g/mol. The van der Waals surface area contributed by atoms with E-state index in [-0.39, 0.29) is 11.3 Å². The number of methoxy groups -OCH3 is 1. The number of rotatable bonds is 5. The molecule has 0 fully saturated rings. The van der Waals surface area contributed by atoms with Crippen LogP contribution in [-0.4, -0.2) is 33.4 Å². The van der Waals surface area contributed by atoms with Gasteiger partial charge in [-0.3, -0.25) is 9.48 Å². The van der Waals surface area contributed by atoms with Gasteiger partial charge in [-0.15, -0.1) is 0 Å². The molecule has 18 heavy (non-hydrogen) atoms. The van der Waals surface area contributed by atoms with Crippen LogP contribution >= 0.6 is 0 Å². The van der Waals surface area contributed by atoms with E-state index in [0.717, 1.165) is 12.0 Å². The summed E-state index contributed by atoms with van der Waals surface area (Å²) in [4.78, 5) is 17.9. The molecule has 0 aliphatic heterocycles. The fraction of sp³-hybridized carbons (Fsp3) is 0.364. The van der Waals surface area contributed by atoms with E-state index in [4.69, 9.17) is 4.74 Å². The SMILES string of the molecule is COc1c(NCCc2cnn(C)c2)nc[nH]c1=O. The lowest BCUT2D eigenvalue weighted by molar-refractivity contribution is 0.408. The minimum Gasteiger partial charge on any atom is -0.489 e. The maximum atomic E-state index is 11.4. The van der Waals surface area contributed by atoms with E-state index in [2.05, 4.69) is 20.4 Å². The average molecular weight is 249 g/mol. The number of aryl methyl sites for hydroxylation is 1. The van der Waals surface area contributed by atoms with Gasteiger partial charge in [0.15, 0.2) is 5.82 Å². The standard InChI is InChI=1S/C11H15N5O2/c1-16-6-8(5-15-16)3-4-12-10-9(18-2)11(17)14-7-13-10/h5-7H,3-4H2,1-2H3,(H2,12,13,14,17). The zero-order valence-corrected chi connectivity index (χ0v) is 10.3. The van der Waals surface area contributed by atoms with Crippen molar-refractivity contribution < 1.29 is 4.74 Å². The Morgan fingerprint density at radius 1 is 1.56 bits per heavy atom. The number of anilines is 1. The summed E-state index contributed by atoms with van der Waals surface area (Å²) in [6, 6.07) is 0. The Morgan fingerprint density at radius 3 is 3.06 bits per heavy atom. The summed E-state index contributed by atoms with van der Waals surface area (Å²) < 4.78 is 6.75. The summed E-state index contributed by atoms with van der Waals surface area (Å²) in [5.41, 5.74) is 0.824. The van der Waals surface area contributed by atoms with Gasteiger partial charge in [-0.1, -0.05) is 0 Å². The van der Waals surface area contributed by atoms with Crippen LogP contribution in [0, 0.1) is 0 Å². The molecule has 0 aromatic carbocycles. The third-order valence-corrected chi connectivity index (χ3v) is 2.48. The zero-order valence-electron chi connectivity index (χ0n) is 10.3. The summed E-state index contributed by atoms with van der Waals surface area (Å²) in [5, 5.41) is 7.15. The molecule has 7 nitrogen and oxygen atoms in total. The zero-order chi connectivity index (χ0) is 13.0. The first-order valence-electron chi connectivity index (χ1n) is 5.54. The Balaban J connectivity index is 1.98. The molecule has 0 aliphatic rings. The molecule has 0 bridgehead atoms. The van der Waals surface area contributed by atoms with Crippen molar-refractivity contribution in [3.8, 4) is 5.75 Å². The van der Waals surface area contributed by atoms with Crippen molar-refractivity contribution >= 4 is 5.82 Å². The molecule has 0 spiro atoms. The highest BCUT2D eigenvalue weighted by Gasteiger charge is 2.07.